The Balaban J connectivity index is 2.35. The molecule has 1 saturated heterocycles. The Kier molecular flexibility index (Phi) is 4.63. The maximum absolute atomic E-state index is 9.03. The molecule has 1 aromatic carbocycles. The zero-order valence-electron chi connectivity index (χ0n) is 11.3. The van der Waals surface area contributed by atoms with Crippen molar-refractivity contribution in [1.82, 2.24) is 0 Å². The van der Waals surface area contributed by atoms with E-state index < -0.39 is 5.79 Å². The van der Waals surface area contributed by atoms with Crippen molar-refractivity contribution in [1.29, 1.82) is 0 Å². The SMILES string of the molecule is COc1ccc(C2(CCCO)OCCO2)c(OC)c1. The summed E-state index contributed by atoms with van der Waals surface area (Å²) < 4.78 is 22.2. The molecule has 0 saturated carbocycles. The summed E-state index contributed by atoms with van der Waals surface area (Å²) >= 11 is 0. The van der Waals surface area contributed by atoms with Gasteiger partial charge in [-0.25, -0.2) is 0 Å². The van der Waals surface area contributed by atoms with E-state index in [0.29, 0.717) is 31.8 Å². The summed E-state index contributed by atoms with van der Waals surface area (Å²) in [5.74, 6) is 0.565. The van der Waals surface area contributed by atoms with Gasteiger partial charge in [0, 0.05) is 19.1 Å². The molecule has 19 heavy (non-hydrogen) atoms. The standard InChI is InChI=1S/C14H20O5/c1-16-11-4-5-12(13(10-11)17-2)14(6-3-7-15)18-8-9-19-14/h4-5,10,15H,3,6-9H2,1-2H3. The molecule has 5 heteroatoms. The van der Waals surface area contributed by atoms with Gasteiger partial charge >= 0.3 is 0 Å². The fraction of sp³-hybridized carbons (Fsp3) is 0.571. The molecular formula is C14H20O5. The Morgan fingerprint density at radius 2 is 1.95 bits per heavy atom. The average molecular weight is 268 g/mol. The molecule has 1 N–H and O–H groups in total. The van der Waals surface area contributed by atoms with E-state index >= 15 is 0 Å². The zero-order chi connectivity index (χ0) is 13.7. The van der Waals surface area contributed by atoms with Crippen LogP contribution < -0.4 is 9.47 Å². The lowest BCUT2D eigenvalue weighted by atomic mass is 9.99. The largest absolute Gasteiger partial charge is 0.497 e. The molecule has 1 fully saturated rings. The van der Waals surface area contributed by atoms with E-state index in [1.54, 1.807) is 20.3 Å². The summed E-state index contributed by atoms with van der Waals surface area (Å²) in [6, 6.07) is 5.55. The molecule has 0 atom stereocenters. The van der Waals surface area contributed by atoms with Crippen molar-refractivity contribution < 1.29 is 24.1 Å². The van der Waals surface area contributed by atoms with Crippen molar-refractivity contribution in [3.8, 4) is 11.5 Å². The minimum atomic E-state index is -0.819. The zero-order valence-corrected chi connectivity index (χ0v) is 11.3. The maximum atomic E-state index is 9.03. The third kappa shape index (κ3) is 2.83. The molecule has 0 bridgehead atoms. The van der Waals surface area contributed by atoms with Crippen molar-refractivity contribution in [3.63, 3.8) is 0 Å². The van der Waals surface area contributed by atoms with Crippen LogP contribution in [0.5, 0.6) is 11.5 Å². The summed E-state index contributed by atoms with van der Waals surface area (Å²) in [6.07, 6.45) is 1.20. The van der Waals surface area contributed by atoms with Crippen LogP contribution in [0.4, 0.5) is 0 Å². The molecule has 5 nitrogen and oxygen atoms in total. The van der Waals surface area contributed by atoms with Crippen LogP contribution in [-0.2, 0) is 15.3 Å². The molecule has 0 aliphatic carbocycles. The van der Waals surface area contributed by atoms with E-state index in [4.69, 9.17) is 24.1 Å². The van der Waals surface area contributed by atoms with Gasteiger partial charge in [0.2, 0.25) is 0 Å². The first-order valence-corrected chi connectivity index (χ1v) is 6.37. The van der Waals surface area contributed by atoms with Crippen LogP contribution in [0.15, 0.2) is 18.2 Å². The predicted molar refractivity (Wildman–Crippen MR) is 69.4 cm³/mol. The molecule has 1 aromatic rings. The lowest BCUT2D eigenvalue weighted by molar-refractivity contribution is -0.173. The van der Waals surface area contributed by atoms with Gasteiger partial charge in [-0.2, -0.15) is 0 Å². The Morgan fingerprint density at radius 3 is 2.53 bits per heavy atom. The second kappa shape index (κ2) is 6.23. The lowest BCUT2D eigenvalue weighted by Crippen LogP contribution is -2.28. The lowest BCUT2D eigenvalue weighted by Gasteiger charge is -2.29. The number of aliphatic hydroxyl groups excluding tert-OH is 1. The van der Waals surface area contributed by atoms with Crippen LogP contribution in [0.3, 0.4) is 0 Å². The van der Waals surface area contributed by atoms with Crippen LogP contribution >= 0.6 is 0 Å². The van der Waals surface area contributed by atoms with Crippen molar-refractivity contribution in [3.05, 3.63) is 23.8 Å². The fourth-order valence-corrected chi connectivity index (χ4v) is 2.31. The monoisotopic (exact) mass is 268 g/mol. The van der Waals surface area contributed by atoms with Crippen molar-refractivity contribution >= 4 is 0 Å². The van der Waals surface area contributed by atoms with Crippen molar-refractivity contribution in [2.24, 2.45) is 0 Å². The first kappa shape index (κ1) is 14.1. The molecule has 0 spiro atoms. The van der Waals surface area contributed by atoms with Gasteiger partial charge < -0.3 is 24.1 Å². The molecule has 106 valence electrons. The quantitative estimate of drug-likeness (QED) is 0.850. The van der Waals surface area contributed by atoms with Gasteiger partial charge in [-0.05, 0) is 18.6 Å². The second-order valence-electron chi connectivity index (χ2n) is 4.34. The van der Waals surface area contributed by atoms with Gasteiger partial charge in [0.05, 0.1) is 33.0 Å². The molecule has 2 rings (SSSR count). The van der Waals surface area contributed by atoms with Gasteiger partial charge in [-0.3, -0.25) is 0 Å². The number of benzene rings is 1. The number of ether oxygens (including phenoxy) is 4. The van der Waals surface area contributed by atoms with Gasteiger partial charge in [0.25, 0.3) is 0 Å². The van der Waals surface area contributed by atoms with E-state index in [0.717, 1.165) is 11.3 Å². The number of hydrogen-bond donors (Lipinski definition) is 1. The maximum Gasteiger partial charge on any atom is 0.198 e. The van der Waals surface area contributed by atoms with Crippen LogP contribution in [0.1, 0.15) is 18.4 Å². The summed E-state index contributed by atoms with van der Waals surface area (Å²) in [7, 11) is 3.21. The summed E-state index contributed by atoms with van der Waals surface area (Å²) in [5, 5.41) is 9.03. The highest BCUT2D eigenvalue weighted by Crippen LogP contribution is 2.41. The average Bonchev–Trinajstić information content (AvgIpc) is 2.94. The Bertz CT molecular complexity index is 412. The Hall–Kier alpha value is -1.30. The van der Waals surface area contributed by atoms with Crippen LogP contribution in [0.25, 0.3) is 0 Å². The van der Waals surface area contributed by atoms with Crippen molar-refractivity contribution in [2.75, 3.05) is 34.0 Å². The number of aliphatic hydroxyl groups is 1. The molecule has 1 heterocycles. The van der Waals surface area contributed by atoms with Crippen LogP contribution in [0, 0.1) is 0 Å². The van der Waals surface area contributed by atoms with Gasteiger partial charge in [-0.1, -0.05) is 0 Å². The van der Waals surface area contributed by atoms with E-state index in [-0.39, 0.29) is 6.61 Å². The smallest absolute Gasteiger partial charge is 0.198 e. The molecule has 0 amide bonds. The van der Waals surface area contributed by atoms with Crippen LogP contribution in [-0.4, -0.2) is 39.1 Å². The minimum absolute atomic E-state index is 0.104. The van der Waals surface area contributed by atoms with Gasteiger partial charge in [-0.15, -0.1) is 0 Å². The molecular weight excluding hydrogens is 248 g/mol. The minimum Gasteiger partial charge on any atom is -0.497 e. The summed E-state index contributed by atoms with van der Waals surface area (Å²) in [5.41, 5.74) is 0.835. The molecule has 0 unspecified atom stereocenters. The van der Waals surface area contributed by atoms with E-state index in [2.05, 4.69) is 0 Å². The molecule has 1 aliphatic rings. The highest BCUT2D eigenvalue weighted by Gasteiger charge is 2.40. The first-order chi connectivity index (χ1) is 9.25. The van der Waals surface area contributed by atoms with E-state index in [1.807, 2.05) is 12.1 Å². The third-order valence-corrected chi connectivity index (χ3v) is 3.24. The van der Waals surface area contributed by atoms with E-state index in [9.17, 15) is 0 Å². The van der Waals surface area contributed by atoms with Gasteiger partial charge in [0.1, 0.15) is 11.5 Å². The topological polar surface area (TPSA) is 57.2 Å². The first-order valence-electron chi connectivity index (χ1n) is 6.37. The fourth-order valence-electron chi connectivity index (χ4n) is 2.31. The number of rotatable bonds is 6. The number of hydrogen-bond acceptors (Lipinski definition) is 5. The predicted octanol–water partition coefficient (Wildman–Crippen LogP) is 1.68. The molecule has 0 radical (unpaired) electrons. The Labute approximate surface area is 113 Å². The Morgan fingerprint density at radius 1 is 1.21 bits per heavy atom. The summed E-state index contributed by atoms with van der Waals surface area (Å²) in [4.78, 5) is 0. The van der Waals surface area contributed by atoms with Gasteiger partial charge in [0.15, 0.2) is 5.79 Å². The molecule has 0 aromatic heterocycles. The highest BCUT2D eigenvalue weighted by molar-refractivity contribution is 5.43. The van der Waals surface area contributed by atoms with Crippen LogP contribution in [0.2, 0.25) is 0 Å². The second-order valence-corrected chi connectivity index (χ2v) is 4.34. The third-order valence-electron chi connectivity index (χ3n) is 3.24. The number of methoxy groups -OCH3 is 2. The van der Waals surface area contributed by atoms with Crippen molar-refractivity contribution in [2.45, 2.75) is 18.6 Å². The summed E-state index contributed by atoms with van der Waals surface area (Å²) in [6.45, 7) is 1.19. The molecule has 1 aliphatic heterocycles. The van der Waals surface area contributed by atoms with E-state index in [1.165, 1.54) is 0 Å². The normalized spacial score (nSPS) is 17.4. The highest BCUT2D eigenvalue weighted by atomic mass is 16.7.